The van der Waals surface area contributed by atoms with Crippen molar-refractivity contribution in [3.05, 3.63) is 29.7 Å². The average Bonchev–Trinajstić information content (AvgIpc) is 2.75. The Balaban J connectivity index is 2.38. The van der Waals surface area contributed by atoms with Crippen LogP contribution in [0.25, 0.3) is 5.82 Å². The minimum absolute atomic E-state index is 0.00291. The van der Waals surface area contributed by atoms with Crippen LogP contribution in [0.3, 0.4) is 0 Å². The first-order chi connectivity index (χ1) is 9.02. The highest BCUT2D eigenvalue weighted by molar-refractivity contribution is 5.94. The van der Waals surface area contributed by atoms with Crippen LogP contribution >= 0.6 is 0 Å². The van der Waals surface area contributed by atoms with E-state index in [1.165, 1.54) is 16.9 Å². The van der Waals surface area contributed by atoms with Gasteiger partial charge in [-0.25, -0.2) is 18.9 Å². The fraction of sp³-hybridized carbons (Fsp3) is 0.182. The van der Waals surface area contributed by atoms with Crippen molar-refractivity contribution in [2.45, 2.75) is 6.92 Å². The maximum Gasteiger partial charge on any atom is 0.343 e. The van der Waals surface area contributed by atoms with Crippen LogP contribution in [0.4, 0.5) is 16.0 Å². The van der Waals surface area contributed by atoms with Gasteiger partial charge in [-0.05, 0) is 19.1 Å². The van der Waals surface area contributed by atoms with E-state index in [4.69, 9.17) is 16.2 Å². The summed E-state index contributed by atoms with van der Waals surface area (Å²) in [5, 5.41) is 3.91. The minimum atomic E-state index is -0.630. The fourth-order valence-corrected chi connectivity index (χ4v) is 1.45. The van der Waals surface area contributed by atoms with Gasteiger partial charge < -0.3 is 16.2 Å². The molecule has 2 heterocycles. The summed E-state index contributed by atoms with van der Waals surface area (Å²) in [6, 6.07) is 2.52. The van der Waals surface area contributed by atoms with E-state index in [9.17, 15) is 9.18 Å². The molecule has 0 unspecified atom stereocenters. The number of carbonyl (C=O) groups excluding carboxylic acids is 1. The molecule has 0 amide bonds. The molecule has 0 aromatic carbocycles. The van der Waals surface area contributed by atoms with Crippen molar-refractivity contribution in [1.29, 1.82) is 0 Å². The first-order valence-electron chi connectivity index (χ1n) is 5.47. The van der Waals surface area contributed by atoms with E-state index in [-0.39, 0.29) is 29.6 Å². The van der Waals surface area contributed by atoms with Gasteiger partial charge in [-0.15, -0.1) is 5.10 Å². The number of halogens is 1. The van der Waals surface area contributed by atoms with Crippen molar-refractivity contribution >= 4 is 17.6 Å². The van der Waals surface area contributed by atoms with Crippen LogP contribution in [0, 0.1) is 5.82 Å². The number of rotatable bonds is 3. The summed E-state index contributed by atoms with van der Waals surface area (Å²) in [7, 11) is 0. The van der Waals surface area contributed by atoms with Crippen molar-refractivity contribution in [1.82, 2.24) is 14.8 Å². The van der Waals surface area contributed by atoms with Crippen molar-refractivity contribution in [2.75, 3.05) is 18.1 Å². The van der Waals surface area contributed by atoms with Crippen molar-refractivity contribution in [2.24, 2.45) is 0 Å². The summed E-state index contributed by atoms with van der Waals surface area (Å²) in [6.07, 6.45) is 1.35. The SMILES string of the molecule is CCOC(=O)c1cn(-c2ccc(F)c(N)n2)nc1N. The summed E-state index contributed by atoms with van der Waals surface area (Å²) in [6.45, 7) is 1.91. The molecule has 0 fully saturated rings. The highest BCUT2D eigenvalue weighted by Gasteiger charge is 2.16. The second kappa shape index (κ2) is 4.92. The normalized spacial score (nSPS) is 10.4. The first kappa shape index (κ1) is 12.8. The zero-order chi connectivity index (χ0) is 14.0. The molecule has 0 radical (unpaired) electrons. The van der Waals surface area contributed by atoms with Gasteiger partial charge in [0.1, 0.15) is 5.56 Å². The molecule has 0 aliphatic carbocycles. The van der Waals surface area contributed by atoms with E-state index in [0.717, 1.165) is 6.07 Å². The van der Waals surface area contributed by atoms with E-state index >= 15 is 0 Å². The van der Waals surface area contributed by atoms with Gasteiger partial charge in [0.2, 0.25) is 0 Å². The van der Waals surface area contributed by atoms with Gasteiger partial charge in [0.25, 0.3) is 0 Å². The Morgan fingerprint density at radius 1 is 1.42 bits per heavy atom. The quantitative estimate of drug-likeness (QED) is 0.792. The van der Waals surface area contributed by atoms with Crippen LogP contribution in [0.15, 0.2) is 18.3 Å². The number of ether oxygens (including phenoxy) is 1. The van der Waals surface area contributed by atoms with Gasteiger partial charge in [0, 0.05) is 6.20 Å². The van der Waals surface area contributed by atoms with E-state index in [1.54, 1.807) is 6.92 Å². The third-order valence-corrected chi connectivity index (χ3v) is 2.33. The predicted octanol–water partition coefficient (Wildman–Crippen LogP) is 0.748. The summed E-state index contributed by atoms with van der Waals surface area (Å²) >= 11 is 0. The lowest BCUT2D eigenvalue weighted by Gasteiger charge is -2.01. The van der Waals surface area contributed by atoms with Crippen LogP contribution < -0.4 is 11.5 Å². The van der Waals surface area contributed by atoms with Crippen molar-refractivity contribution < 1.29 is 13.9 Å². The molecule has 100 valence electrons. The second-order valence-corrected chi connectivity index (χ2v) is 3.63. The molecule has 2 rings (SSSR count). The van der Waals surface area contributed by atoms with Crippen LogP contribution in [-0.2, 0) is 4.74 Å². The lowest BCUT2D eigenvalue weighted by Crippen LogP contribution is -2.06. The molecule has 0 aliphatic heterocycles. The largest absolute Gasteiger partial charge is 0.462 e. The summed E-state index contributed by atoms with van der Waals surface area (Å²) < 4.78 is 19.1. The number of nitrogens with two attached hydrogens (primary N) is 2. The number of hydrogen-bond acceptors (Lipinski definition) is 6. The van der Waals surface area contributed by atoms with Gasteiger partial charge in [-0.2, -0.15) is 0 Å². The molecule has 0 atom stereocenters. The lowest BCUT2D eigenvalue weighted by molar-refractivity contribution is 0.0527. The number of carbonyl (C=O) groups is 1. The van der Waals surface area contributed by atoms with E-state index in [0.29, 0.717) is 0 Å². The molecular formula is C11H12FN5O2. The van der Waals surface area contributed by atoms with Gasteiger partial charge in [-0.3, -0.25) is 0 Å². The summed E-state index contributed by atoms with van der Waals surface area (Å²) in [4.78, 5) is 15.4. The Hall–Kier alpha value is -2.64. The number of anilines is 2. The molecule has 2 aromatic heterocycles. The molecule has 2 aromatic rings. The third-order valence-electron chi connectivity index (χ3n) is 2.33. The smallest absolute Gasteiger partial charge is 0.343 e. The first-order valence-corrected chi connectivity index (χ1v) is 5.47. The molecule has 4 N–H and O–H groups in total. The molecule has 7 nitrogen and oxygen atoms in total. The maximum absolute atomic E-state index is 13.0. The molecule has 0 bridgehead atoms. The highest BCUT2D eigenvalue weighted by atomic mass is 19.1. The van der Waals surface area contributed by atoms with Crippen LogP contribution in [0.2, 0.25) is 0 Å². The van der Waals surface area contributed by atoms with E-state index < -0.39 is 11.8 Å². The molecule has 0 saturated heterocycles. The predicted molar refractivity (Wildman–Crippen MR) is 66.1 cm³/mol. The van der Waals surface area contributed by atoms with E-state index in [2.05, 4.69) is 10.1 Å². The maximum atomic E-state index is 13.0. The molecule has 0 saturated carbocycles. The molecule has 8 heteroatoms. The van der Waals surface area contributed by atoms with Crippen LogP contribution in [0.1, 0.15) is 17.3 Å². The van der Waals surface area contributed by atoms with Gasteiger partial charge in [-0.1, -0.05) is 0 Å². The fourth-order valence-electron chi connectivity index (χ4n) is 1.45. The van der Waals surface area contributed by atoms with Crippen molar-refractivity contribution in [3.63, 3.8) is 0 Å². The number of hydrogen-bond donors (Lipinski definition) is 2. The third kappa shape index (κ3) is 2.46. The van der Waals surface area contributed by atoms with Gasteiger partial charge >= 0.3 is 5.97 Å². The second-order valence-electron chi connectivity index (χ2n) is 3.63. The van der Waals surface area contributed by atoms with Crippen molar-refractivity contribution in [3.8, 4) is 5.82 Å². The average molecular weight is 265 g/mol. The van der Waals surface area contributed by atoms with Crippen LogP contribution in [-0.4, -0.2) is 27.3 Å². The van der Waals surface area contributed by atoms with Gasteiger partial charge in [0.05, 0.1) is 6.61 Å². The number of nitrogens with zero attached hydrogens (tertiary/aromatic N) is 3. The molecule has 0 aliphatic rings. The number of aromatic nitrogens is 3. The Kier molecular flexibility index (Phi) is 3.32. The Labute approximate surface area is 108 Å². The number of esters is 1. The Morgan fingerprint density at radius 3 is 2.79 bits per heavy atom. The Morgan fingerprint density at radius 2 is 2.16 bits per heavy atom. The topological polar surface area (TPSA) is 109 Å². The molecular weight excluding hydrogens is 253 g/mol. The lowest BCUT2D eigenvalue weighted by atomic mass is 10.3. The van der Waals surface area contributed by atoms with Crippen LogP contribution in [0.5, 0.6) is 0 Å². The zero-order valence-corrected chi connectivity index (χ0v) is 10.1. The molecule has 0 spiro atoms. The Bertz CT molecular complexity index is 626. The van der Waals surface area contributed by atoms with Gasteiger partial charge in [0.15, 0.2) is 23.3 Å². The number of pyridine rings is 1. The zero-order valence-electron chi connectivity index (χ0n) is 10.1. The monoisotopic (exact) mass is 265 g/mol. The number of nitrogen functional groups attached to an aromatic ring is 2. The highest BCUT2D eigenvalue weighted by Crippen LogP contribution is 2.16. The summed E-state index contributed by atoms with van der Waals surface area (Å²) in [5.41, 5.74) is 11.1. The standard InChI is InChI=1S/C11H12FN5O2/c1-2-19-11(18)6-5-17(16-9(6)13)8-4-3-7(12)10(14)15-8/h3-5H,2H2,1H3,(H2,13,16)(H2,14,15). The minimum Gasteiger partial charge on any atom is -0.462 e. The van der Waals surface area contributed by atoms with E-state index in [1.807, 2.05) is 0 Å². The molecule has 19 heavy (non-hydrogen) atoms. The summed E-state index contributed by atoms with van der Waals surface area (Å²) in [5.74, 6) is -1.22.